The molecule has 8 nitrogen and oxygen atoms in total. The Morgan fingerprint density at radius 3 is 2.83 bits per heavy atom. The molecule has 0 spiro atoms. The number of piperidine rings is 1. The van der Waals surface area contributed by atoms with Crippen LogP contribution in [0.25, 0.3) is 0 Å². The molecule has 3 heterocycles. The average molecular weight is 330 g/mol. The zero-order chi connectivity index (χ0) is 16.9. The molecule has 0 aromatic carbocycles. The number of anilines is 1. The highest BCUT2D eigenvalue weighted by atomic mass is 16.5. The molecule has 2 aromatic rings. The number of rotatable bonds is 5. The highest BCUT2D eigenvalue weighted by Gasteiger charge is 2.20. The average Bonchev–Trinajstić information content (AvgIpc) is 2.61. The summed E-state index contributed by atoms with van der Waals surface area (Å²) in [6.07, 6.45) is 6.63. The molecule has 1 aliphatic rings. The van der Waals surface area contributed by atoms with Crippen LogP contribution in [0.4, 0.5) is 5.82 Å². The molecule has 2 aromatic heterocycles. The van der Waals surface area contributed by atoms with E-state index in [2.05, 4.69) is 25.2 Å². The molecule has 0 unspecified atom stereocenters. The van der Waals surface area contributed by atoms with Gasteiger partial charge in [-0.1, -0.05) is 0 Å². The molecular formula is C16H22N6O2. The number of aromatic nitrogens is 4. The van der Waals surface area contributed by atoms with Crippen molar-refractivity contribution in [3.8, 4) is 5.88 Å². The van der Waals surface area contributed by atoms with Crippen LogP contribution in [0.2, 0.25) is 0 Å². The highest BCUT2D eigenvalue weighted by Crippen LogP contribution is 2.18. The normalized spacial score (nSPS) is 16.1. The van der Waals surface area contributed by atoms with Crippen LogP contribution in [-0.2, 0) is 13.6 Å². The van der Waals surface area contributed by atoms with Gasteiger partial charge in [0.25, 0.3) is 5.56 Å². The topological polar surface area (TPSA) is 85.2 Å². The Hall–Kier alpha value is -2.48. The van der Waals surface area contributed by atoms with Gasteiger partial charge in [-0.2, -0.15) is 0 Å². The van der Waals surface area contributed by atoms with Crippen molar-refractivity contribution in [2.75, 3.05) is 25.5 Å². The van der Waals surface area contributed by atoms with E-state index in [1.165, 1.54) is 12.5 Å². The molecule has 0 radical (unpaired) electrons. The lowest BCUT2D eigenvalue weighted by Crippen LogP contribution is -2.39. The van der Waals surface area contributed by atoms with E-state index in [0.717, 1.165) is 44.0 Å². The molecule has 0 amide bonds. The highest BCUT2D eigenvalue weighted by molar-refractivity contribution is 5.38. The van der Waals surface area contributed by atoms with Crippen molar-refractivity contribution in [2.45, 2.75) is 25.4 Å². The molecule has 0 saturated carbocycles. The van der Waals surface area contributed by atoms with Crippen molar-refractivity contribution in [3.05, 3.63) is 40.8 Å². The van der Waals surface area contributed by atoms with Crippen LogP contribution in [0.15, 0.2) is 29.6 Å². The lowest BCUT2D eigenvalue weighted by Gasteiger charge is -2.32. The maximum atomic E-state index is 11.6. The quantitative estimate of drug-likeness (QED) is 0.862. The van der Waals surface area contributed by atoms with Gasteiger partial charge in [0.1, 0.15) is 12.1 Å². The second-order valence-electron chi connectivity index (χ2n) is 5.94. The van der Waals surface area contributed by atoms with E-state index in [4.69, 9.17) is 4.74 Å². The minimum absolute atomic E-state index is 0.0678. The number of nitrogens with zero attached hydrogens (tertiary/aromatic N) is 5. The summed E-state index contributed by atoms with van der Waals surface area (Å²) in [6, 6.07) is 2.18. The fourth-order valence-electron chi connectivity index (χ4n) is 2.85. The Balaban J connectivity index is 1.54. The lowest BCUT2D eigenvalue weighted by molar-refractivity contribution is 0.206. The number of nitrogens with one attached hydrogen (secondary N) is 1. The summed E-state index contributed by atoms with van der Waals surface area (Å²) in [5, 5.41) is 3.44. The number of likely N-dealkylation sites (tertiary alicyclic amines) is 1. The Morgan fingerprint density at radius 2 is 2.08 bits per heavy atom. The first-order valence-electron chi connectivity index (χ1n) is 8.00. The molecule has 0 bridgehead atoms. The molecule has 1 N–H and O–H groups in total. The van der Waals surface area contributed by atoms with Gasteiger partial charge < -0.3 is 14.6 Å². The maximum absolute atomic E-state index is 11.6. The Labute approximate surface area is 140 Å². The van der Waals surface area contributed by atoms with E-state index in [9.17, 15) is 4.79 Å². The van der Waals surface area contributed by atoms with Crippen molar-refractivity contribution >= 4 is 5.82 Å². The van der Waals surface area contributed by atoms with Gasteiger partial charge >= 0.3 is 0 Å². The molecule has 0 aliphatic carbocycles. The van der Waals surface area contributed by atoms with Crippen LogP contribution >= 0.6 is 0 Å². The van der Waals surface area contributed by atoms with Crippen LogP contribution in [0, 0.1) is 0 Å². The van der Waals surface area contributed by atoms with Gasteiger partial charge in [0.2, 0.25) is 5.88 Å². The summed E-state index contributed by atoms with van der Waals surface area (Å²) < 4.78 is 6.77. The second-order valence-corrected chi connectivity index (χ2v) is 5.94. The van der Waals surface area contributed by atoms with Gasteiger partial charge in [-0.25, -0.2) is 9.97 Å². The number of hydrogen-bond donors (Lipinski definition) is 1. The van der Waals surface area contributed by atoms with Crippen molar-refractivity contribution in [2.24, 2.45) is 7.05 Å². The van der Waals surface area contributed by atoms with E-state index < -0.39 is 0 Å². The van der Waals surface area contributed by atoms with E-state index in [1.54, 1.807) is 31.0 Å². The molecule has 0 atom stereocenters. The predicted molar refractivity (Wildman–Crippen MR) is 90.0 cm³/mol. The van der Waals surface area contributed by atoms with Gasteiger partial charge in [0, 0.05) is 45.0 Å². The van der Waals surface area contributed by atoms with Gasteiger partial charge in [0.15, 0.2) is 0 Å². The van der Waals surface area contributed by atoms with Crippen molar-refractivity contribution in [3.63, 3.8) is 0 Å². The summed E-state index contributed by atoms with van der Waals surface area (Å²) in [4.78, 5) is 26.2. The molecule has 8 heteroatoms. The van der Waals surface area contributed by atoms with E-state index in [1.807, 2.05) is 0 Å². The monoisotopic (exact) mass is 330 g/mol. The summed E-state index contributed by atoms with van der Waals surface area (Å²) in [7, 11) is 3.38. The second kappa shape index (κ2) is 7.39. The fraction of sp³-hybridized carbons (Fsp3) is 0.500. The number of ether oxygens (including phenoxy) is 1. The van der Waals surface area contributed by atoms with Crippen molar-refractivity contribution < 1.29 is 4.74 Å². The molecule has 3 rings (SSSR count). The SMILES string of the molecule is COc1cc(NC2CCN(Cc3cncc(=O)n3C)CC2)ncn1. The van der Waals surface area contributed by atoms with Crippen molar-refractivity contribution in [1.29, 1.82) is 0 Å². The zero-order valence-corrected chi connectivity index (χ0v) is 14.0. The Bertz CT molecular complexity index is 739. The molecule has 1 saturated heterocycles. The zero-order valence-electron chi connectivity index (χ0n) is 14.0. The molecule has 1 aliphatic heterocycles. The minimum atomic E-state index is -0.0678. The molecule has 128 valence electrons. The number of methoxy groups -OCH3 is 1. The first-order chi connectivity index (χ1) is 11.7. The van der Waals surface area contributed by atoms with Gasteiger partial charge in [-0.3, -0.25) is 14.7 Å². The van der Waals surface area contributed by atoms with E-state index in [-0.39, 0.29) is 5.56 Å². The molecule has 24 heavy (non-hydrogen) atoms. The first-order valence-corrected chi connectivity index (χ1v) is 8.00. The van der Waals surface area contributed by atoms with Gasteiger partial charge in [0.05, 0.1) is 19.0 Å². The summed E-state index contributed by atoms with van der Waals surface area (Å²) in [5.41, 5.74) is 0.871. The maximum Gasteiger partial charge on any atom is 0.268 e. The number of hydrogen-bond acceptors (Lipinski definition) is 7. The van der Waals surface area contributed by atoms with Gasteiger partial charge in [-0.15, -0.1) is 0 Å². The van der Waals surface area contributed by atoms with Crippen LogP contribution in [-0.4, -0.2) is 50.7 Å². The summed E-state index contributed by atoms with van der Waals surface area (Å²) >= 11 is 0. The van der Waals surface area contributed by atoms with Crippen molar-refractivity contribution in [1.82, 2.24) is 24.4 Å². The fourth-order valence-corrected chi connectivity index (χ4v) is 2.85. The Kier molecular flexibility index (Phi) is 5.05. The Morgan fingerprint density at radius 1 is 1.29 bits per heavy atom. The van der Waals surface area contributed by atoms with Gasteiger partial charge in [-0.05, 0) is 12.8 Å². The van der Waals surface area contributed by atoms with Crippen LogP contribution < -0.4 is 15.6 Å². The first kappa shape index (κ1) is 16.4. The van der Waals surface area contributed by atoms with E-state index in [0.29, 0.717) is 11.9 Å². The summed E-state index contributed by atoms with van der Waals surface area (Å²) in [6.45, 7) is 2.67. The molecular weight excluding hydrogens is 308 g/mol. The van der Waals surface area contributed by atoms with E-state index >= 15 is 0 Å². The third-order valence-corrected chi connectivity index (χ3v) is 4.35. The third kappa shape index (κ3) is 3.88. The predicted octanol–water partition coefficient (Wildman–Crippen LogP) is 0.655. The smallest absolute Gasteiger partial charge is 0.268 e. The molecule has 1 fully saturated rings. The van der Waals surface area contributed by atoms with Crippen LogP contribution in [0.5, 0.6) is 5.88 Å². The summed E-state index contributed by atoms with van der Waals surface area (Å²) in [5.74, 6) is 1.34. The minimum Gasteiger partial charge on any atom is -0.481 e. The third-order valence-electron chi connectivity index (χ3n) is 4.35. The standard InChI is InChI=1S/C16H22N6O2/c1-21-13(8-17-9-16(21)23)10-22-5-3-12(4-6-22)20-14-7-15(24-2)19-11-18-14/h7-9,11-12H,3-6,10H2,1-2H3,(H,18,19,20). The lowest BCUT2D eigenvalue weighted by atomic mass is 10.0. The van der Waals surface area contributed by atoms with Crippen LogP contribution in [0.3, 0.4) is 0 Å². The largest absolute Gasteiger partial charge is 0.481 e. The van der Waals surface area contributed by atoms with Crippen LogP contribution in [0.1, 0.15) is 18.5 Å².